The quantitative estimate of drug-likeness (QED) is 0.752. The van der Waals surface area contributed by atoms with Gasteiger partial charge in [-0.2, -0.15) is 0 Å². The minimum Gasteiger partial charge on any atom is -0.493 e. The van der Waals surface area contributed by atoms with E-state index < -0.39 is 10.0 Å². The second-order valence-corrected chi connectivity index (χ2v) is 7.71. The topological polar surface area (TPSA) is 67.4 Å². The molecule has 2 rings (SSSR count). The zero-order chi connectivity index (χ0) is 15.3. The number of hydrogen-bond donors (Lipinski definition) is 2. The molecule has 0 spiro atoms. The third kappa shape index (κ3) is 5.38. The largest absolute Gasteiger partial charge is 0.493 e. The van der Waals surface area contributed by atoms with Crippen LogP contribution in [0.4, 0.5) is 0 Å². The first kappa shape index (κ1) is 19.7. The van der Waals surface area contributed by atoms with Crippen LogP contribution in [-0.4, -0.2) is 34.7 Å². The zero-order valence-electron chi connectivity index (χ0n) is 12.5. The standard InChI is InChI=1S/C14H21BrN2O3S.ClH/c1-2-20-14-6-5-12(8-13(14)15)21(18,19)17-10-11-4-3-7-16-9-11;/h5-6,8,11,16-17H,2-4,7,9-10H2,1H3;1H. The van der Waals surface area contributed by atoms with Gasteiger partial charge in [-0.15, -0.1) is 12.4 Å². The van der Waals surface area contributed by atoms with E-state index in [0.717, 1.165) is 25.9 Å². The summed E-state index contributed by atoms with van der Waals surface area (Å²) in [5, 5.41) is 3.28. The van der Waals surface area contributed by atoms with E-state index in [0.29, 0.717) is 29.3 Å². The van der Waals surface area contributed by atoms with E-state index in [4.69, 9.17) is 4.74 Å². The van der Waals surface area contributed by atoms with Gasteiger partial charge in [0, 0.05) is 6.54 Å². The zero-order valence-corrected chi connectivity index (χ0v) is 15.7. The van der Waals surface area contributed by atoms with E-state index >= 15 is 0 Å². The van der Waals surface area contributed by atoms with Gasteiger partial charge in [0.05, 0.1) is 16.0 Å². The summed E-state index contributed by atoms with van der Waals surface area (Å²) < 4.78 is 33.3. The molecule has 0 aromatic heterocycles. The Labute approximate surface area is 146 Å². The van der Waals surface area contributed by atoms with Gasteiger partial charge in [-0.3, -0.25) is 0 Å². The number of halogens is 2. The maximum atomic E-state index is 12.3. The predicted octanol–water partition coefficient (Wildman–Crippen LogP) is 2.55. The summed E-state index contributed by atoms with van der Waals surface area (Å²) in [7, 11) is -3.48. The van der Waals surface area contributed by atoms with Gasteiger partial charge in [0.15, 0.2) is 0 Å². The lowest BCUT2D eigenvalue weighted by atomic mass is 10.0. The van der Waals surface area contributed by atoms with Crippen molar-refractivity contribution >= 4 is 38.4 Å². The minimum absolute atomic E-state index is 0. The maximum Gasteiger partial charge on any atom is 0.240 e. The summed E-state index contributed by atoms with van der Waals surface area (Å²) in [5.41, 5.74) is 0. The third-order valence-corrected chi connectivity index (χ3v) is 5.52. The summed E-state index contributed by atoms with van der Waals surface area (Å²) in [6.07, 6.45) is 2.16. The molecule has 1 fully saturated rings. The molecule has 1 unspecified atom stereocenters. The fourth-order valence-corrected chi connectivity index (χ4v) is 4.12. The Morgan fingerprint density at radius 1 is 1.45 bits per heavy atom. The molecule has 1 aromatic rings. The van der Waals surface area contributed by atoms with Crippen LogP contribution in [0, 0.1) is 5.92 Å². The Balaban J connectivity index is 0.00000242. The van der Waals surface area contributed by atoms with Gasteiger partial charge in [0.2, 0.25) is 10.0 Å². The van der Waals surface area contributed by atoms with E-state index in [9.17, 15) is 8.42 Å². The van der Waals surface area contributed by atoms with Crippen LogP contribution >= 0.6 is 28.3 Å². The molecule has 0 radical (unpaired) electrons. The predicted molar refractivity (Wildman–Crippen MR) is 93.3 cm³/mol. The first-order valence-electron chi connectivity index (χ1n) is 7.15. The van der Waals surface area contributed by atoms with Gasteiger partial charge in [0.1, 0.15) is 5.75 Å². The first-order valence-corrected chi connectivity index (χ1v) is 9.43. The van der Waals surface area contributed by atoms with Crippen LogP contribution in [0.5, 0.6) is 5.75 Å². The van der Waals surface area contributed by atoms with Crippen LogP contribution in [0.1, 0.15) is 19.8 Å². The van der Waals surface area contributed by atoms with Crippen LogP contribution < -0.4 is 14.8 Å². The number of nitrogens with one attached hydrogen (secondary N) is 2. The Morgan fingerprint density at radius 3 is 2.82 bits per heavy atom. The van der Waals surface area contributed by atoms with Crippen molar-refractivity contribution < 1.29 is 13.2 Å². The maximum absolute atomic E-state index is 12.3. The highest BCUT2D eigenvalue weighted by Gasteiger charge is 2.19. The number of rotatable bonds is 6. The lowest BCUT2D eigenvalue weighted by Crippen LogP contribution is -2.38. The second-order valence-electron chi connectivity index (χ2n) is 5.09. The van der Waals surface area contributed by atoms with Gasteiger partial charge in [0.25, 0.3) is 0 Å². The van der Waals surface area contributed by atoms with Crippen LogP contribution in [0.15, 0.2) is 27.6 Å². The van der Waals surface area contributed by atoms with Crippen molar-refractivity contribution in [3.05, 3.63) is 22.7 Å². The molecule has 0 amide bonds. The van der Waals surface area contributed by atoms with Crippen molar-refractivity contribution in [2.45, 2.75) is 24.7 Å². The number of benzene rings is 1. The van der Waals surface area contributed by atoms with Gasteiger partial charge in [-0.1, -0.05) is 0 Å². The van der Waals surface area contributed by atoms with E-state index in [1.807, 2.05) is 6.92 Å². The Morgan fingerprint density at radius 2 is 2.23 bits per heavy atom. The van der Waals surface area contributed by atoms with Gasteiger partial charge < -0.3 is 10.1 Å². The van der Waals surface area contributed by atoms with Crippen LogP contribution in [0.3, 0.4) is 0 Å². The molecule has 1 saturated heterocycles. The smallest absolute Gasteiger partial charge is 0.240 e. The highest BCUT2D eigenvalue weighted by atomic mass is 79.9. The van der Waals surface area contributed by atoms with E-state index in [2.05, 4.69) is 26.0 Å². The molecule has 0 bridgehead atoms. The molecule has 1 aromatic carbocycles. The van der Waals surface area contributed by atoms with E-state index in [-0.39, 0.29) is 17.3 Å². The molecule has 5 nitrogen and oxygen atoms in total. The normalized spacial score (nSPS) is 18.5. The second kappa shape index (κ2) is 9.08. The molecule has 0 aliphatic carbocycles. The third-order valence-electron chi connectivity index (χ3n) is 3.47. The molecule has 1 atom stereocenters. The molecular weight excluding hydrogens is 392 g/mol. The Bertz CT molecular complexity index is 577. The summed E-state index contributed by atoms with van der Waals surface area (Å²) in [6, 6.07) is 4.81. The molecule has 1 aliphatic rings. The van der Waals surface area contributed by atoms with Crippen LogP contribution in [0.25, 0.3) is 0 Å². The van der Waals surface area contributed by atoms with Crippen molar-refractivity contribution in [2.24, 2.45) is 5.92 Å². The van der Waals surface area contributed by atoms with Crippen molar-refractivity contribution in [3.63, 3.8) is 0 Å². The van der Waals surface area contributed by atoms with Crippen molar-refractivity contribution in [3.8, 4) is 5.75 Å². The summed E-state index contributed by atoms with van der Waals surface area (Å²) in [6.45, 7) is 4.79. The monoisotopic (exact) mass is 412 g/mol. The van der Waals surface area contributed by atoms with Gasteiger partial charge >= 0.3 is 0 Å². The lowest BCUT2D eigenvalue weighted by molar-refractivity contribution is 0.338. The van der Waals surface area contributed by atoms with Gasteiger partial charge in [-0.05, 0) is 72.9 Å². The number of sulfonamides is 1. The fourth-order valence-electron chi connectivity index (χ4n) is 2.33. The fraction of sp³-hybridized carbons (Fsp3) is 0.571. The molecule has 22 heavy (non-hydrogen) atoms. The average Bonchev–Trinajstić information content (AvgIpc) is 2.48. The lowest BCUT2D eigenvalue weighted by Gasteiger charge is -2.22. The summed E-state index contributed by atoms with van der Waals surface area (Å²) in [5.74, 6) is 1.01. The molecule has 1 aliphatic heterocycles. The Kier molecular flexibility index (Phi) is 8.13. The van der Waals surface area contributed by atoms with Crippen LogP contribution in [-0.2, 0) is 10.0 Å². The van der Waals surface area contributed by atoms with E-state index in [1.165, 1.54) is 0 Å². The van der Waals surface area contributed by atoms with Gasteiger partial charge in [-0.25, -0.2) is 13.1 Å². The number of piperidine rings is 1. The summed E-state index contributed by atoms with van der Waals surface area (Å²) in [4.78, 5) is 0.251. The Hall–Kier alpha value is -0.340. The molecule has 2 N–H and O–H groups in total. The van der Waals surface area contributed by atoms with Crippen molar-refractivity contribution in [1.29, 1.82) is 0 Å². The molecular formula is C14H22BrClN2O3S. The highest BCUT2D eigenvalue weighted by molar-refractivity contribution is 9.10. The van der Waals surface area contributed by atoms with Crippen molar-refractivity contribution in [2.75, 3.05) is 26.2 Å². The molecule has 126 valence electrons. The average molecular weight is 414 g/mol. The molecule has 1 heterocycles. The van der Waals surface area contributed by atoms with Crippen molar-refractivity contribution in [1.82, 2.24) is 10.0 Å². The minimum atomic E-state index is -3.48. The SMILES string of the molecule is CCOc1ccc(S(=O)(=O)NCC2CCCNC2)cc1Br.Cl. The van der Waals surface area contributed by atoms with E-state index in [1.54, 1.807) is 18.2 Å². The van der Waals surface area contributed by atoms with Crippen LogP contribution in [0.2, 0.25) is 0 Å². The summed E-state index contributed by atoms with van der Waals surface area (Å²) >= 11 is 3.34. The number of hydrogen-bond acceptors (Lipinski definition) is 4. The molecule has 8 heteroatoms. The number of ether oxygens (including phenoxy) is 1. The highest BCUT2D eigenvalue weighted by Crippen LogP contribution is 2.27. The molecule has 0 saturated carbocycles. The first-order chi connectivity index (χ1) is 10.0.